The average Bonchev–Trinajstić information content (AvgIpc) is 2.71. The van der Waals surface area contributed by atoms with Gasteiger partial charge in [0.2, 0.25) is 0 Å². The molecule has 4 heteroatoms. The number of benzene rings is 2. The Kier molecular flexibility index (Phi) is 5.99. The van der Waals surface area contributed by atoms with E-state index < -0.39 is 6.10 Å². The molecule has 0 saturated carbocycles. The Morgan fingerprint density at radius 1 is 1.11 bits per heavy atom. The first-order valence-electron chi connectivity index (χ1n) is 8.95. The maximum Gasteiger partial charge on any atom is 0.305 e. The topological polar surface area (TPSA) is 59.4 Å². The highest BCUT2D eigenvalue weighted by atomic mass is 16.5. The van der Waals surface area contributed by atoms with Crippen LogP contribution in [0.25, 0.3) is 23.1 Å². The van der Waals surface area contributed by atoms with Gasteiger partial charge in [0.05, 0.1) is 30.8 Å². The van der Waals surface area contributed by atoms with E-state index in [4.69, 9.17) is 0 Å². The molecule has 1 aromatic heterocycles. The van der Waals surface area contributed by atoms with Gasteiger partial charge in [-0.25, -0.2) is 4.98 Å². The van der Waals surface area contributed by atoms with E-state index in [0.717, 1.165) is 27.7 Å². The molecule has 2 aromatic carbocycles. The fraction of sp³-hybridized carbons (Fsp3) is 0.217. The first-order valence-corrected chi connectivity index (χ1v) is 8.95. The summed E-state index contributed by atoms with van der Waals surface area (Å²) in [6.45, 7) is 1.84. The normalized spacial score (nSPS) is 13.6. The van der Waals surface area contributed by atoms with E-state index in [2.05, 4.69) is 15.8 Å². The Morgan fingerprint density at radius 2 is 1.93 bits per heavy atom. The van der Waals surface area contributed by atoms with Crippen LogP contribution in [0, 0.1) is 5.92 Å². The van der Waals surface area contributed by atoms with E-state index in [-0.39, 0.29) is 18.3 Å². The maximum atomic E-state index is 11.4. The number of hydrogen-bond donors (Lipinski definition) is 1. The van der Waals surface area contributed by atoms with Gasteiger partial charge < -0.3 is 9.84 Å². The number of pyridine rings is 1. The second-order valence-electron chi connectivity index (χ2n) is 6.63. The molecule has 0 aliphatic rings. The molecule has 27 heavy (non-hydrogen) atoms. The van der Waals surface area contributed by atoms with Gasteiger partial charge >= 0.3 is 5.97 Å². The van der Waals surface area contributed by atoms with Crippen LogP contribution in [0.1, 0.15) is 36.3 Å². The van der Waals surface area contributed by atoms with Crippen LogP contribution in [0.3, 0.4) is 0 Å². The molecule has 2 atom stereocenters. The monoisotopic (exact) mass is 361 g/mol. The van der Waals surface area contributed by atoms with E-state index in [9.17, 15) is 9.90 Å². The molecule has 2 unspecified atom stereocenters. The van der Waals surface area contributed by atoms with Gasteiger partial charge in [-0.05, 0) is 41.3 Å². The molecule has 1 N–H and O–H groups in total. The first kappa shape index (κ1) is 18.8. The van der Waals surface area contributed by atoms with Gasteiger partial charge in [0.25, 0.3) is 0 Å². The number of methoxy groups -OCH3 is 1. The Bertz CT molecular complexity index is 965. The van der Waals surface area contributed by atoms with Gasteiger partial charge in [0, 0.05) is 5.39 Å². The summed E-state index contributed by atoms with van der Waals surface area (Å²) in [6.07, 6.45) is 3.38. The lowest BCUT2D eigenvalue weighted by Crippen LogP contribution is -2.15. The molecule has 0 bridgehead atoms. The second kappa shape index (κ2) is 8.60. The summed E-state index contributed by atoms with van der Waals surface area (Å²) < 4.78 is 4.68. The van der Waals surface area contributed by atoms with Crippen LogP contribution in [0.5, 0.6) is 0 Å². The number of nitrogens with zero attached hydrogens (tertiary/aromatic N) is 1. The number of carbonyl (C=O) groups excluding carboxylic acids is 1. The van der Waals surface area contributed by atoms with Gasteiger partial charge in [0.15, 0.2) is 0 Å². The number of aromatic nitrogens is 1. The highest BCUT2D eigenvalue weighted by Gasteiger charge is 2.19. The summed E-state index contributed by atoms with van der Waals surface area (Å²) in [5.41, 5.74) is 3.57. The largest absolute Gasteiger partial charge is 0.469 e. The Balaban J connectivity index is 1.76. The van der Waals surface area contributed by atoms with Gasteiger partial charge in [-0.15, -0.1) is 0 Å². The van der Waals surface area contributed by atoms with Gasteiger partial charge in [-0.2, -0.15) is 0 Å². The van der Waals surface area contributed by atoms with Crippen molar-refractivity contribution in [3.8, 4) is 0 Å². The molecule has 3 aromatic rings. The Hall–Kier alpha value is -2.98. The van der Waals surface area contributed by atoms with Crippen LogP contribution in [0.4, 0.5) is 0 Å². The predicted molar refractivity (Wildman–Crippen MR) is 108 cm³/mol. The SMILES string of the molecule is COC(=O)CC(C)C(O)c1cccc(C=Cc2ccc3ccccc3n2)c1. The number of esters is 1. The summed E-state index contributed by atoms with van der Waals surface area (Å²) >= 11 is 0. The first-order chi connectivity index (χ1) is 13.1. The van der Waals surface area contributed by atoms with E-state index in [1.54, 1.807) is 0 Å². The Labute approximate surface area is 159 Å². The lowest BCUT2D eigenvalue weighted by molar-refractivity contribution is -0.142. The smallest absolute Gasteiger partial charge is 0.305 e. The van der Waals surface area contributed by atoms with E-state index in [0.29, 0.717) is 0 Å². The van der Waals surface area contributed by atoms with Crippen molar-refractivity contribution in [1.29, 1.82) is 0 Å². The van der Waals surface area contributed by atoms with E-state index in [1.165, 1.54) is 7.11 Å². The van der Waals surface area contributed by atoms with Crippen LogP contribution in [-0.4, -0.2) is 23.2 Å². The van der Waals surface area contributed by atoms with Crippen molar-refractivity contribution in [1.82, 2.24) is 4.98 Å². The van der Waals surface area contributed by atoms with E-state index >= 15 is 0 Å². The van der Waals surface area contributed by atoms with Gasteiger partial charge in [0.1, 0.15) is 0 Å². The summed E-state index contributed by atoms with van der Waals surface area (Å²) in [4.78, 5) is 16.1. The number of ether oxygens (including phenoxy) is 1. The molecule has 0 saturated heterocycles. The zero-order chi connectivity index (χ0) is 19.2. The maximum absolute atomic E-state index is 11.4. The lowest BCUT2D eigenvalue weighted by Gasteiger charge is -2.18. The third-order valence-corrected chi connectivity index (χ3v) is 4.57. The minimum absolute atomic E-state index is 0.179. The number of carbonyl (C=O) groups is 1. The highest BCUT2D eigenvalue weighted by Crippen LogP contribution is 2.26. The molecule has 3 rings (SSSR count). The quantitative estimate of drug-likeness (QED) is 0.650. The summed E-state index contributed by atoms with van der Waals surface area (Å²) in [7, 11) is 1.35. The summed E-state index contributed by atoms with van der Waals surface area (Å²) in [5, 5.41) is 11.6. The van der Waals surface area contributed by atoms with Crippen molar-refractivity contribution in [3.63, 3.8) is 0 Å². The molecule has 0 fully saturated rings. The molecular formula is C23H23NO3. The lowest BCUT2D eigenvalue weighted by atomic mass is 9.93. The van der Waals surface area contributed by atoms with Crippen LogP contribution >= 0.6 is 0 Å². The number of aliphatic hydroxyl groups excluding tert-OH is 1. The van der Waals surface area contributed by atoms with Crippen LogP contribution in [-0.2, 0) is 9.53 Å². The van der Waals surface area contributed by atoms with Crippen molar-refractivity contribution in [2.24, 2.45) is 5.92 Å². The van der Waals surface area contributed by atoms with E-state index in [1.807, 2.05) is 73.7 Å². The standard InChI is InChI=1S/C23H23NO3/c1-16(14-22(25)27-2)23(26)19-8-5-6-17(15-19)10-12-20-13-11-18-7-3-4-9-21(18)24-20/h3-13,15-16,23,26H,14H2,1-2H3. The second-order valence-corrected chi connectivity index (χ2v) is 6.63. The number of hydrogen-bond acceptors (Lipinski definition) is 4. The Morgan fingerprint density at radius 3 is 2.74 bits per heavy atom. The van der Waals surface area contributed by atoms with Gasteiger partial charge in [-0.3, -0.25) is 4.79 Å². The molecule has 0 spiro atoms. The molecule has 0 radical (unpaired) electrons. The van der Waals surface area contributed by atoms with Crippen molar-refractivity contribution < 1.29 is 14.6 Å². The van der Waals surface area contributed by atoms with Crippen molar-refractivity contribution >= 4 is 29.0 Å². The van der Waals surface area contributed by atoms with Crippen molar-refractivity contribution in [2.75, 3.05) is 7.11 Å². The average molecular weight is 361 g/mol. The van der Waals surface area contributed by atoms with Crippen LogP contribution in [0.15, 0.2) is 60.7 Å². The van der Waals surface area contributed by atoms with Crippen molar-refractivity contribution in [2.45, 2.75) is 19.4 Å². The fourth-order valence-electron chi connectivity index (χ4n) is 2.99. The molecule has 0 amide bonds. The summed E-state index contributed by atoms with van der Waals surface area (Å²) in [5.74, 6) is -0.543. The number of aliphatic hydroxyl groups is 1. The number of para-hydroxylation sites is 1. The molecule has 0 aliphatic carbocycles. The third kappa shape index (κ3) is 4.80. The third-order valence-electron chi connectivity index (χ3n) is 4.57. The molecule has 1 heterocycles. The minimum Gasteiger partial charge on any atom is -0.469 e. The molecule has 138 valence electrons. The minimum atomic E-state index is -0.726. The highest BCUT2D eigenvalue weighted by molar-refractivity contribution is 5.80. The zero-order valence-corrected chi connectivity index (χ0v) is 15.5. The molecule has 4 nitrogen and oxygen atoms in total. The fourth-order valence-corrected chi connectivity index (χ4v) is 2.99. The van der Waals surface area contributed by atoms with Crippen molar-refractivity contribution in [3.05, 3.63) is 77.5 Å². The van der Waals surface area contributed by atoms with Gasteiger partial charge in [-0.1, -0.05) is 55.5 Å². The number of fused-ring (bicyclic) bond motifs is 1. The van der Waals surface area contributed by atoms with Crippen LogP contribution in [0.2, 0.25) is 0 Å². The zero-order valence-electron chi connectivity index (χ0n) is 15.5. The molecular weight excluding hydrogens is 338 g/mol. The molecule has 0 aliphatic heterocycles. The summed E-state index contributed by atoms with van der Waals surface area (Å²) in [6, 6.07) is 19.7. The van der Waals surface area contributed by atoms with Crippen LogP contribution < -0.4 is 0 Å². The number of rotatable bonds is 6. The predicted octanol–water partition coefficient (Wildman–Crippen LogP) is 4.64.